The summed E-state index contributed by atoms with van der Waals surface area (Å²) in [7, 11) is 0. The van der Waals surface area contributed by atoms with Gasteiger partial charge in [0.15, 0.2) is 0 Å². The zero-order chi connectivity index (χ0) is 16.0. The fourth-order valence-corrected chi connectivity index (χ4v) is 3.44. The first kappa shape index (κ1) is 14.7. The van der Waals surface area contributed by atoms with Crippen molar-refractivity contribution in [3.8, 4) is 0 Å². The molecule has 3 heterocycles. The maximum absolute atomic E-state index is 11.7. The lowest BCUT2D eigenvalue weighted by Crippen LogP contribution is -2.34. The van der Waals surface area contributed by atoms with Crippen molar-refractivity contribution in [1.29, 1.82) is 0 Å². The zero-order valence-electron chi connectivity index (χ0n) is 12.9. The van der Waals surface area contributed by atoms with Crippen molar-refractivity contribution in [3.63, 3.8) is 0 Å². The molecule has 4 rings (SSSR count). The number of benzene rings is 1. The van der Waals surface area contributed by atoms with E-state index in [0.29, 0.717) is 6.54 Å². The minimum atomic E-state index is 0.0826. The third-order valence-corrected chi connectivity index (χ3v) is 4.92. The van der Waals surface area contributed by atoms with Gasteiger partial charge in [-0.2, -0.15) is 5.10 Å². The van der Waals surface area contributed by atoms with Gasteiger partial charge in [-0.25, -0.2) is 0 Å². The molecule has 6 heteroatoms. The highest BCUT2D eigenvalue weighted by Gasteiger charge is 2.39. The number of rotatable bonds is 3. The Kier molecular flexibility index (Phi) is 3.62. The molecular formula is C17H18ClN3O2. The van der Waals surface area contributed by atoms with Crippen LogP contribution in [0.4, 0.5) is 0 Å². The van der Waals surface area contributed by atoms with Crippen LogP contribution in [0.25, 0.3) is 0 Å². The Morgan fingerprint density at radius 2 is 2.17 bits per heavy atom. The smallest absolute Gasteiger partial charge is 0.219 e. The fourth-order valence-electron chi connectivity index (χ4n) is 3.31. The topological polar surface area (TPSA) is 61.5 Å². The number of carbonyl (C=O) groups is 1. The first-order chi connectivity index (χ1) is 11.1. The third-order valence-electron chi connectivity index (χ3n) is 4.67. The fraction of sp³-hybridized carbons (Fsp3) is 0.412. The number of hydrogen-bond donors (Lipinski definition) is 1. The second-order valence-corrected chi connectivity index (χ2v) is 6.59. The van der Waals surface area contributed by atoms with Gasteiger partial charge in [0.1, 0.15) is 0 Å². The maximum Gasteiger partial charge on any atom is 0.219 e. The summed E-state index contributed by atoms with van der Waals surface area (Å²) < 4.78 is 5.58. The summed E-state index contributed by atoms with van der Waals surface area (Å²) in [6, 6.07) is 7.85. The Morgan fingerprint density at radius 3 is 2.83 bits per heavy atom. The highest BCUT2D eigenvalue weighted by atomic mass is 35.5. The van der Waals surface area contributed by atoms with Gasteiger partial charge < -0.3 is 9.64 Å². The molecule has 2 aliphatic rings. The second kappa shape index (κ2) is 5.65. The van der Waals surface area contributed by atoms with Crippen LogP contribution >= 0.6 is 11.6 Å². The number of aromatic amines is 1. The summed E-state index contributed by atoms with van der Waals surface area (Å²) in [4.78, 5) is 13.6. The van der Waals surface area contributed by atoms with Crippen molar-refractivity contribution >= 4 is 17.5 Å². The summed E-state index contributed by atoms with van der Waals surface area (Å²) in [6.07, 6.45) is 0.970. The van der Waals surface area contributed by atoms with Crippen LogP contribution in [0.5, 0.6) is 0 Å². The van der Waals surface area contributed by atoms with Crippen LogP contribution in [0.3, 0.4) is 0 Å². The molecule has 0 spiro atoms. The van der Waals surface area contributed by atoms with Crippen molar-refractivity contribution in [1.82, 2.24) is 15.1 Å². The lowest BCUT2D eigenvalue weighted by atomic mass is 9.88. The lowest BCUT2D eigenvalue weighted by Gasteiger charge is -2.27. The van der Waals surface area contributed by atoms with Crippen molar-refractivity contribution in [2.24, 2.45) is 0 Å². The number of amides is 1. The minimum absolute atomic E-state index is 0.0826. The molecule has 23 heavy (non-hydrogen) atoms. The number of carbonyl (C=O) groups excluding carboxylic acids is 1. The molecule has 1 N–H and O–H groups in total. The van der Waals surface area contributed by atoms with Gasteiger partial charge in [0.05, 0.1) is 24.3 Å². The second-order valence-electron chi connectivity index (χ2n) is 6.16. The van der Waals surface area contributed by atoms with E-state index in [4.69, 9.17) is 16.3 Å². The molecule has 120 valence electrons. The van der Waals surface area contributed by atoms with Crippen LogP contribution in [0.15, 0.2) is 24.3 Å². The molecule has 1 aromatic carbocycles. The normalized spacial score (nSPS) is 21.0. The van der Waals surface area contributed by atoms with Gasteiger partial charge in [-0.05, 0) is 17.7 Å². The molecule has 1 amide bonds. The van der Waals surface area contributed by atoms with E-state index in [2.05, 4.69) is 10.2 Å². The van der Waals surface area contributed by atoms with Gasteiger partial charge in [-0.15, -0.1) is 0 Å². The lowest BCUT2D eigenvalue weighted by molar-refractivity contribution is -0.129. The van der Waals surface area contributed by atoms with Gasteiger partial charge in [-0.1, -0.05) is 23.7 Å². The molecule has 2 aromatic rings. The molecule has 1 aromatic heterocycles. The van der Waals surface area contributed by atoms with Crippen LogP contribution < -0.4 is 0 Å². The number of H-pyrrole nitrogens is 1. The summed E-state index contributed by atoms with van der Waals surface area (Å²) in [5.74, 6) is 0.188. The molecule has 2 unspecified atom stereocenters. The van der Waals surface area contributed by atoms with Crippen LogP contribution in [0.2, 0.25) is 5.02 Å². The number of nitrogens with one attached hydrogen (secondary N) is 1. The van der Waals surface area contributed by atoms with Crippen molar-refractivity contribution < 1.29 is 9.53 Å². The first-order valence-electron chi connectivity index (χ1n) is 7.82. The molecule has 0 saturated carbocycles. The van der Waals surface area contributed by atoms with E-state index in [0.717, 1.165) is 47.1 Å². The van der Waals surface area contributed by atoms with E-state index in [1.165, 1.54) is 0 Å². The molecule has 1 saturated heterocycles. The predicted octanol–water partition coefficient (Wildman–Crippen LogP) is 2.50. The number of epoxide rings is 1. The van der Waals surface area contributed by atoms with E-state index in [1.807, 2.05) is 29.2 Å². The van der Waals surface area contributed by atoms with E-state index >= 15 is 0 Å². The maximum atomic E-state index is 11.7. The van der Waals surface area contributed by atoms with E-state index in [-0.39, 0.29) is 17.9 Å². The molecule has 2 aliphatic heterocycles. The van der Waals surface area contributed by atoms with E-state index in [9.17, 15) is 4.79 Å². The molecule has 0 aliphatic carbocycles. The Balaban J connectivity index is 1.72. The van der Waals surface area contributed by atoms with Gasteiger partial charge in [0, 0.05) is 42.7 Å². The van der Waals surface area contributed by atoms with Crippen molar-refractivity contribution in [2.45, 2.75) is 31.9 Å². The quantitative estimate of drug-likeness (QED) is 0.879. The summed E-state index contributed by atoms with van der Waals surface area (Å²) >= 11 is 6.01. The third kappa shape index (κ3) is 2.75. The highest BCUT2D eigenvalue weighted by Crippen LogP contribution is 2.38. The number of ether oxygens (including phenoxy) is 1. The van der Waals surface area contributed by atoms with Gasteiger partial charge in [0.25, 0.3) is 0 Å². The largest absolute Gasteiger partial charge is 0.372 e. The molecule has 1 fully saturated rings. The van der Waals surface area contributed by atoms with Gasteiger partial charge in [-0.3, -0.25) is 9.89 Å². The number of hydrogen-bond acceptors (Lipinski definition) is 3. The summed E-state index contributed by atoms with van der Waals surface area (Å²) in [6.45, 7) is 3.72. The standard InChI is InChI=1S/C17H18ClN3O2/c1-10(22)21-7-6-14-13(8-21)17(20-19-14)16(15-9-23-15)11-2-4-12(18)5-3-11/h2-5,15-16H,6-9H2,1H3,(H,19,20). The molecule has 0 bridgehead atoms. The first-order valence-corrected chi connectivity index (χ1v) is 8.20. The Labute approximate surface area is 139 Å². The van der Waals surface area contributed by atoms with E-state index in [1.54, 1.807) is 6.92 Å². The Hall–Kier alpha value is -1.85. The van der Waals surface area contributed by atoms with Gasteiger partial charge >= 0.3 is 0 Å². The van der Waals surface area contributed by atoms with Crippen LogP contribution in [0.1, 0.15) is 35.4 Å². The zero-order valence-corrected chi connectivity index (χ0v) is 13.6. The van der Waals surface area contributed by atoms with Crippen LogP contribution in [-0.2, 0) is 22.5 Å². The average Bonchev–Trinajstić information content (AvgIpc) is 3.29. The predicted molar refractivity (Wildman–Crippen MR) is 86.4 cm³/mol. The SMILES string of the molecule is CC(=O)N1CCc2[nH]nc(C(c3ccc(Cl)cc3)C3CO3)c2C1. The number of aromatic nitrogens is 2. The van der Waals surface area contributed by atoms with Crippen LogP contribution in [-0.4, -0.2) is 40.3 Å². The van der Waals surface area contributed by atoms with Crippen molar-refractivity contribution in [3.05, 3.63) is 51.8 Å². The minimum Gasteiger partial charge on any atom is -0.372 e. The highest BCUT2D eigenvalue weighted by molar-refractivity contribution is 6.30. The number of halogens is 1. The molecule has 5 nitrogen and oxygen atoms in total. The van der Waals surface area contributed by atoms with Crippen LogP contribution in [0, 0.1) is 0 Å². The summed E-state index contributed by atoms with van der Waals surface area (Å²) in [5, 5.41) is 8.45. The Bertz CT molecular complexity index is 737. The van der Waals surface area contributed by atoms with E-state index < -0.39 is 0 Å². The van der Waals surface area contributed by atoms with Gasteiger partial charge in [0.2, 0.25) is 5.91 Å². The molecule has 0 radical (unpaired) electrons. The average molecular weight is 332 g/mol. The monoisotopic (exact) mass is 331 g/mol. The molecule has 2 atom stereocenters. The Morgan fingerprint density at radius 1 is 1.43 bits per heavy atom. The number of nitrogens with zero attached hydrogens (tertiary/aromatic N) is 2. The molecular weight excluding hydrogens is 314 g/mol. The number of fused-ring (bicyclic) bond motifs is 1. The van der Waals surface area contributed by atoms with Crippen molar-refractivity contribution in [2.75, 3.05) is 13.2 Å². The summed E-state index contributed by atoms with van der Waals surface area (Å²) in [5.41, 5.74) is 4.42.